The lowest BCUT2D eigenvalue weighted by molar-refractivity contribution is 0.0784. The monoisotopic (exact) mass is 355 g/mol. The number of nitrogens with zero attached hydrogens (tertiary/aromatic N) is 1. The fourth-order valence-corrected chi connectivity index (χ4v) is 2.66. The molecule has 0 fully saturated rings. The van der Waals surface area contributed by atoms with Crippen molar-refractivity contribution in [1.82, 2.24) is 4.90 Å². The van der Waals surface area contributed by atoms with Crippen LogP contribution in [0.5, 0.6) is 0 Å². The van der Waals surface area contributed by atoms with Crippen molar-refractivity contribution in [3.63, 3.8) is 0 Å². The number of hydrogen-bond donors (Lipinski definition) is 0. The van der Waals surface area contributed by atoms with E-state index in [1.807, 2.05) is 0 Å². The third-order valence-electron chi connectivity index (χ3n) is 2.84. The number of halogens is 3. The second-order valence-corrected chi connectivity index (χ2v) is 5.70. The van der Waals surface area contributed by atoms with E-state index in [1.165, 1.54) is 12.1 Å². The van der Waals surface area contributed by atoms with Crippen molar-refractivity contribution in [2.45, 2.75) is 6.54 Å². The van der Waals surface area contributed by atoms with Crippen molar-refractivity contribution in [2.24, 2.45) is 0 Å². The summed E-state index contributed by atoms with van der Waals surface area (Å²) in [4.78, 5) is 13.9. The summed E-state index contributed by atoms with van der Waals surface area (Å²) in [5.74, 6) is -0.416. The lowest BCUT2D eigenvalue weighted by Gasteiger charge is -2.18. The van der Waals surface area contributed by atoms with Gasteiger partial charge in [-0.25, -0.2) is 4.39 Å². The van der Waals surface area contributed by atoms with Gasteiger partial charge in [0.25, 0.3) is 5.91 Å². The molecule has 0 spiro atoms. The van der Waals surface area contributed by atoms with Crippen molar-refractivity contribution < 1.29 is 9.18 Å². The van der Waals surface area contributed by atoms with Crippen molar-refractivity contribution in [3.8, 4) is 0 Å². The standard InChI is InChI=1S/C15H12BrClFNO/c1-19(9-10-2-5-12(18)6-3-10)15(20)13-7-4-11(17)8-14(13)16/h2-8H,9H2,1H3. The zero-order chi connectivity index (χ0) is 14.7. The Bertz CT molecular complexity index is 630. The van der Waals surface area contributed by atoms with Gasteiger partial charge >= 0.3 is 0 Å². The van der Waals surface area contributed by atoms with E-state index < -0.39 is 0 Å². The molecule has 2 aromatic rings. The highest BCUT2D eigenvalue weighted by Crippen LogP contribution is 2.23. The molecule has 0 saturated heterocycles. The van der Waals surface area contributed by atoms with E-state index in [9.17, 15) is 9.18 Å². The fraction of sp³-hybridized carbons (Fsp3) is 0.133. The van der Waals surface area contributed by atoms with E-state index >= 15 is 0 Å². The number of benzene rings is 2. The van der Waals surface area contributed by atoms with E-state index in [-0.39, 0.29) is 11.7 Å². The molecule has 0 aliphatic rings. The fourth-order valence-electron chi connectivity index (χ4n) is 1.80. The average Bonchev–Trinajstić information content (AvgIpc) is 2.40. The van der Waals surface area contributed by atoms with Gasteiger partial charge in [0.1, 0.15) is 5.82 Å². The van der Waals surface area contributed by atoms with Crippen molar-refractivity contribution >= 4 is 33.4 Å². The number of carbonyl (C=O) groups is 1. The summed E-state index contributed by atoms with van der Waals surface area (Å²) in [6.45, 7) is 0.411. The van der Waals surface area contributed by atoms with Crippen molar-refractivity contribution in [1.29, 1.82) is 0 Å². The molecule has 0 bridgehead atoms. The van der Waals surface area contributed by atoms with E-state index in [0.29, 0.717) is 21.6 Å². The third kappa shape index (κ3) is 3.58. The molecule has 2 nitrogen and oxygen atoms in total. The minimum absolute atomic E-state index is 0.127. The van der Waals surface area contributed by atoms with Gasteiger partial charge in [-0.15, -0.1) is 0 Å². The lowest BCUT2D eigenvalue weighted by Crippen LogP contribution is -2.26. The Morgan fingerprint density at radius 1 is 1.25 bits per heavy atom. The van der Waals surface area contributed by atoms with Gasteiger partial charge in [0.2, 0.25) is 0 Å². The van der Waals surface area contributed by atoms with Crippen molar-refractivity contribution in [3.05, 3.63) is 68.9 Å². The van der Waals surface area contributed by atoms with Crippen LogP contribution >= 0.6 is 27.5 Å². The van der Waals surface area contributed by atoms with Gasteiger partial charge in [-0.3, -0.25) is 4.79 Å². The minimum Gasteiger partial charge on any atom is -0.337 e. The first kappa shape index (κ1) is 15.0. The normalized spacial score (nSPS) is 10.4. The molecule has 0 N–H and O–H groups in total. The second kappa shape index (κ2) is 6.37. The van der Waals surface area contributed by atoms with E-state index in [2.05, 4.69) is 15.9 Å². The van der Waals surface area contributed by atoms with Gasteiger partial charge < -0.3 is 4.90 Å². The van der Waals surface area contributed by atoms with E-state index in [0.717, 1.165) is 5.56 Å². The molecule has 0 aliphatic heterocycles. The van der Waals surface area contributed by atoms with Gasteiger partial charge in [0.05, 0.1) is 5.56 Å². The van der Waals surface area contributed by atoms with E-state index in [1.54, 1.807) is 42.3 Å². The topological polar surface area (TPSA) is 20.3 Å². The predicted octanol–water partition coefficient (Wildman–Crippen LogP) is 4.51. The summed E-state index contributed by atoms with van der Waals surface area (Å²) in [6.07, 6.45) is 0. The zero-order valence-electron chi connectivity index (χ0n) is 10.7. The van der Waals surface area contributed by atoms with Gasteiger partial charge in [-0.1, -0.05) is 23.7 Å². The Balaban J connectivity index is 2.14. The van der Waals surface area contributed by atoms with Crippen LogP contribution in [0.2, 0.25) is 5.02 Å². The summed E-state index contributed by atoms with van der Waals surface area (Å²) in [5.41, 5.74) is 1.41. The smallest absolute Gasteiger partial charge is 0.255 e. The summed E-state index contributed by atoms with van der Waals surface area (Å²) in [6, 6.07) is 11.1. The van der Waals surface area contributed by atoms with Gasteiger partial charge in [0, 0.05) is 23.1 Å². The first-order valence-corrected chi connectivity index (χ1v) is 7.09. The molecule has 104 valence electrons. The molecule has 2 rings (SSSR count). The Morgan fingerprint density at radius 2 is 1.90 bits per heavy atom. The molecule has 20 heavy (non-hydrogen) atoms. The molecule has 0 atom stereocenters. The average molecular weight is 357 g/mol. The lowest BCUT2D eigenvalue weighted by atomic mass is 10.1. The Labute approximate surface area is 130 Å². The maximum Gasteiger partial charge on any atom is 0.255 e. The highest BCUT2D eigenvalue weighted by atomic mass is 79.9. The predicted molar refractivity (Wildman–Crippen MR) is 81.3 cm³/mol. The number of rotatable bonds is 3. The first-order valence-electron chi connectivity index (χ1n) is 5.92. The van der Waals surface area contributed by atoms with Gasteiger partial charge in [-0.05, 0) is 51.8 Å². The number of carbonyl (C=O) groups excluding carboxylic acids is 1. The van der Waals surface area contributed by atoms with Crippen LogP contribution in [0.4, 0.5) is 4.39 Å². The molecule has 0 radical (unpaired) electrons. The minimum atomic E-state index is -0.289. The van der Waals surface area contributed by atoms with Crippen LogP contribution in [-0.2, 0) is 6.54 Å². The largest absolute Gasteiger partial charge is 0.337 e. The molecule has 1 amide bonds. The highest BCUT2D eigenvalue weighted by molar-refractivity contribution is 9.10. The van der Waals surface area contributed by atoms with Crippen LogP contribution < -0.4 is 0 Å². The van der Waals surface area contributed by atoms with Crippen molar-refractivity contribution in [2.75, 3.05) is 7.05 Å². The summed E-state index contributed by atoms with van der Waals surface area (Å²) in [7, 11) is 1.70. The van der Waals surface area contributed by atoms with Gasteiger partial charge in [0.15, 0.2) is 0 Å². The van der Waals surface area contributed by atoms with E-state index in [4.69, 9.17) is 11.6 Å². The summed E-state index contributed by atoms with van der Waals surface area (Å²) >= 11 is 9.18. The first-order chi connectivity index (χ1) is 9.47. The van der Waals surface area contributed by atoms with Crippen LogP contribution in [0, 0.1) is 5.82 Å². The molecular weight excluding hydrogens is 345 g/mol. The molecule has 5 heteroatoms. The SMILES string of the molecule is CN(Cc1ccc(F)cc1)C(=O)c1ccc(Cl)cc1Br. The molecule has 0 unspecified atom stereocenters. The summed E-state index contributed by atoms with van der Waals surface area (Å²) in [5, 5.41) is 0.564. The quantitative estimate of drug-likeness (QED) is 0.792. The summed E-state index contributed by atoms with van der Waals surface area (Å²) < 4.78 is 13.5. The molecular formula is C15H12BrClFNO. The Morgan fingerprint density at radius 3 is 2.50 bits per heavy atom. The molecule has 0 saturated carbocycles. The molecule has 2 aromatic carbocycles. The Kier molecular flexibility index (Phi) is 4.78. The second-order valence-electron chi connectivity index (χ2n) is 4.41. The van der Waals surface area contributed by atoms with Crippen LogP contribution in [0.1, 0.15) is 15.9 Å². The van der Waals surface area contributed by atoms with Crippen LogP contribution in [0.3, 0.4) is 0 Å². The van der Waals surface area contributed by atoms with Crippen LogP contribution in [0.25, 0.3) is 0 Å². The van der Waals surface area contributed by atoms with Crippen LogP contribution in [-0.4, -0.2) is 17.9 Å². The number of hydrogen-bond acceptors (Lipinski definition) is 1. The van der Waals surface area contributed by atoms with Gasteiger partial charge in [-0.2, -0.15) is 0 Å². The van der Waals surface area contributed by atoms with Crippen LogP contribution in [0.15, 0.2) is 46.9 Å². The molecule has 0 heterocycles. The maximum absolute atomic E-state index is 12.8. The number of amides is 1. The Hall–Kier alpha value is -1.39. The third-order valence-corrected chi connectivity index (χ3v) is 3.73. The molecule has 0 aliphatic carbocycles. The maximum atomic E-state index is 12.8. The molecule has 0 aromatic heterocycles. The zero-order valence-corrected chi connectivity index (χ0v) is 13.1. The highest BCUT2D eigenvalue weighted by Gasteiger charge is 2.15.